The lowest BCUT2D eigenvalue weighted by atomic mass is 10.2. The average molecular weight is 335 g/mol. The van der Waals surface area contributed by atoms with Gasteiger partial charge in [-0.25, -0.2) is 4.79 Å². The molecular weight excluding hydrogens is 320 g/mol. The molecule has 0 amide bonds. The van der Waals surface area contributed by atoms with E-state index in [4.69, 9.17) is 0 Å². The second-order valence-corrected chi connectivity index (χ2v) is 5.18. The van der Waals surface area contributed by atoms with E-state index in [2.05, 4.69) is 43.1 Å². The van der Waals surface area contributed by atoms with Crippen LogP contribution in [0.1, 0.15) is 21.6 Å². The molecule has 4 nitrogen and oxygen atoms in total. The molecule has 0 aliphatic heterocycles. The molecule has 0 spiro atoms. The van der Waals surface area contributed by atoms with Gasteiger partial charge in [-0.15, -0.1) is 0 Å². The molecule has 2 rings (SSSR count). The lowest BCUT2D eigenvalue weighted by Gasteiger charge is -2.05. The maximum atomic E-state index is 11.3. The number of aromatic nitrogens is 1. The standard InChI is InChI=1S/C15H15BrN2O2/c1-20-15(19)12-4-7-14(18-9-12)10-17-8-11-2-5-13(16)6-3-11/h2-7,9,17H,8,10H2,1H3. The molecule has 5 heteroatoms. The zero-order valence-electron chi connectivity index (χ0n) is 11.1. The van der Waals surface area contributed by atoms with Gasteiger partial charge in [0.1, 0.15) is 0 Å². The van der Waals surface area contributed by atoms with Crippen LogP contribution in [0.4, 0.5) is 0 Å². The second-order valence-electron chi connectivity index (χ2n) is 4.26. The smallest absolute Gasteiger partial charge is 0.339 e. The fourth-order valence-corrected chi connectivity index (χ4v) is 1.97. The molecule has 20 heavy (non-hydrogen) atoms. The number of nitrogens with zero attached hydrogens (tertiary/aromatic N) is 1. The highest BCUT2D eigenvalue weighted by Crippen LogP contribution is 2.10. The van der Waals surface area contributed by atoms with Crippen molar-refractivity contribution >= 4 is 21.9 Å². The fraction of sp³-hybridized carbons (Fsp3) is 0.200. The first kappa shape index (κ1) is 14.7. The summed E-state index contributed by atoms with van der Waals surface area (Å²) in [5.41, 5.74) is 2.55. The van der Waals surface area contributed by atoms with E-state index in [9.17, 15) is 4.79 Å². The Labute approximate surface area is 126 Å². The Morgan fingerprint density at radius 2 is 1.95 bits per heavy atom. The second kappa shape index (κ2) is 7.17. The maximum Gasteiger partial charge on any atom is 0.339 e. The van der Waals surface area contributed by atoms with Crippen LogP contribution in [0.15, 0.2) is 47.1 Å². The average Bonchev–Trinajstić information content (AvgIpc) is 2.49. The Hall–Kier alpha value is -1.72. The molecule has 0 aliphatic carbocycles. The lowest BCUT2D eigenvalue weighted by Crippen LogP contribution is -2.14. The van der Waals surface area contributed by atoms with E-state index in [1.807, 2.05) is 18.2 Å². The Bertz CT molecular complexity index is 567. The Kier molecular flexibility index (Phi) is 5.26. The Morgan fingerprint density at radius 3 is 2.55 bits per heavy atom. The Morgan fingerprint density at radius 1 is 1.20 bits per heavy atom. The summed E-state index contributed by atoms with van der Waals surface area (Å²) >= 11 is 3.41. The van der Waals surface area contributed by atoms with Gasteiger partial charge in [0, 0.05) is 23.8 Å². The summed E-state index contributed by atoms with van der Waals surface area (Å²) < 4.78 is 5.70. The van der Waals surface area contributed by atoms with Crippen molar-refractivity contribution < 1.29 is 9.53 Å². The van der Waals surface area contributed by atoms with E-state index >= 15 is 0 Å². The van der Waals surface area contributed by atoms with Crippen molar-refractivity contribution in [2.45, 2.75) is 13.1 Å². The van der Waals surface area contributed by atoms with Gasteiger partial charge in [0.05, 0.1) is 18.4 Å². The molecule has 0 saturated carbocycles. The Balaban J connectivity index is 1.85. The van der Waals surface area contributed by atoms with E-state index < -0.39 is 0 Å². The third-order valence-corrected chi connectivity index (χ3v) is 3.32. The molecule has 1 N–H and O–H groups in total. The largest absolute Gasteiger partial charge is 0.465 e. The quantitative estimate of drug-likeness (QED) is 0.854. The minimum Gasteiger partial charge on any atom is -0.465 e. The molecular formula is C15H15BrN2O2. The van der Waals surface area contributed by atoms with Crippen molar-refractivity contribution in [1.29, 1.82) is 0 Å². The summed E-state index contributed by atoms with van der Waals surface area (Å²) in [5, 5.41) is 3.31. The number of nitrogens with one attached hydrogen (secondary N) is 1. The number of pyridine rings is 1. The first-order valence-electron chi connectivity index (χ1n) is 6.17. The van der Waals surface area contributed by atoms with Crippen molar-refractivity contribution in [2.75, 3.05) is 7.11 Å². The van der Waals surface area contributed by atoms with E-state index in [-0.39, 0.29) is 5.97 Å². The molecule has 104 valence electrons. The number of hydrogen-bond donors (Lipinski definition) is 1. The molecule has 1 aromatic carbocycles. The number of carbonyl (C=O) groups excluding carboxylic acids is 1. The maximum absolute atomic E-state index is 11.3. The molecule has 2 aromatic rings. The summed E-state index contributed by atoms with van der Waals surface area (Å²) in [6.07, 6.45) is 1.53. The van der Waals surface area contributed by atoms with Crippen LogP contribution in [0.5, 0.6) is 0 Å². The van der Waals surface area contributed by atoms with E-state index in [1.165, 1.54) is 18.9 Å². The van der Waals surface area contributed by atoms with Gasteiger partial charge in [-0.3, -0.25) is 4.98 Å². The summed E-state index contributed by atoms with van der Waals surface area (Å²) in [4.78, 5) is 15.5. The van der Waals surface area contributed by atoms with Crippen LogP contribution >= 0.6 is 15.9 Å². The monoisotopic (exact) mass is 334 g/mol. The van der Waals surface area contributed by atoms with Gasteiger partial charge in [-0.1, -0.05) is 28.1 Å². The number of ether oxygens (including phenoxy) is 1. The number of rotatable bonds is 5. The number of carbonyl (C=O) groups is 1. The van der Waals surface area contributed by atoms with E-state index in [0.29, 0.717) is 12.1 Å². The SMILES string of the molecule is COC(=O)c1ccc(CNCc2ccc(Br)cc2)nc1. The predicted molar refractivity (Wildman–Crippen MR) is 80.3 cm³/mol. The van der Waals surface area contributed by atoms with Gasteiger partial charge in [0.2, 0.25) is 0 Å². The summed E-state index contributed by atoms with van der Waals surface area (Å²) in [5.74, 6) is -0.369. The number of halogens is 1. The molecule has 1 heterocycles. The molecule has 0 radical (unpaired) electrons. The van der Waals surface area contributed by atoms with Gasteiger partial charge in [-0.05, 0) is 29.8 Å². The third kappa shape index (κ3) is 4.15. The highest BCUT2D eigenvalue weighted by atomic mass is 79.9. The third-order valence-electron chi connectivity index (χ3n) is 2.79. The topological polar surface area (TPSA) is 51.2 Å². The minimum atomic E-state index is -0.369. The van der Waals surface area contributed by atoms with Crippen LogP contribution in [-0.2, 0) is 17.8 Å². The molecule has 0 atom stereocenters. The van der Waals surface area contributed by atoms with Crippen LogP contribution in [0, 0.1) is 0 Å². The summed E-state index contributed by atoms with van der Waals surface area (Å²) in [6.45, 7) is 1.42. The van der Waals surface area contributed by atoms with Crippen molar-refractivity contribution in [3.63, 3.8) is 0 Å². The zero-order valence-corrected chi connectivity index (χ0v) is 12.7. The van der Waals surface area contributed by atoms with Crippen LogP contribution in [0.25, 0.3) is 0 Å². The van der Waals surface area contributed by atoms with Gasteiger partial charge in [0.25, 0.3) is 0 Å². The van der Waals surface area contributed by atoms with E-state index in [0.717, 1.165) is 16.7 Å². The first-order valence-corrected chi connectivity index (χ1v) is 6.97. The number of methoxy groups -OCH3 is 1. The summed E-state index contributed by atoms with van der Waals surface area (Å²) in [6, 6.07) is 11.7. The predicted octanol–water partition coefficient (Wildman–Crippen LogP) is 2.92. The van der Waals surface area contributed by atoms with Crippen LogP contribution in [0.2, 0.25) is 0 Å². The molecule has 0 saturated heterocycles. The van der Waals surface area contributed by atoms with Gasteiger partial charge in [0.15, 0.2) is 0 Å². The number of hydrogen-bond acceptors (Lipinski definition) is 4. The van der Waals surface area contributed by atoms with Gasteiger partial charge < -0.3 is 10.1 Å². The summed E-state index contributed by atoms with van der Waals surface area (Å²) in [7, 11) is 1.36. The van der Waals surface area contributed by atoms with Crippen LogP contribution in [-0.4, -0.2) is 18.1 Å². The van der Waals surface area contributed by atoms with Crippen molar-refractivity contribution in [2.24, 2.45) is 0 Å². The van der Waals surface area contributed by atoms with Gasteiger partial charge in [-0.2, -0.15) is 0 Å². The minimum absolute atomic E-state index is 0.369. The van der Waals surface area contributed by atoms with E-state index in [1.54, 1.807) is 6.07 Å². The lowest BCUT2D eigenvalue weighted by molar-refractivity contribution is 0.0600. The molecule has 1 aromatic heterocycles. The zero-order chi connectivity index (χ0) is 14.4. The highest BCUT2D eigenvalue weighted by molar-refractivity contribution is 9.10. The molecule has 0 aliphatic rings. The van der Waals surface area contributed by atoms with Crippen molar-refractivity contribution in [3.8, 4) is 0 Å². The van der Waals surface area contributed by atoms with Crippen LogP contribution < -0.4 is 5.32 Å². The molecule has 0 fully saturated rings. The normalized spacial score (nSPS) is 10.3. The first-order chi connectivity index (χ1) is 9.69. The fourth-order valence-electron chi connectivity index (χ4n) is 1.70. The number of esters is 1. The van der Waals surface area contributed by atoms with Gasteiger partial charge >= 0.3 is 5.97 Å². The molecule has 0 bridgehead atoms. The van der Waals surface area contributed by atoms with Crippen molar-refractivity contribution in [1.82, 2.24) is 10.3 Å². The van der Waals surface area contributed by atoms with Crippen molar-refractivity contribution in [3.05, 3.63) is 63.9 Å². The van der Waals surface area contributed by atoms with Crippen LogP contribution in [0.3, 0.4) is 0 Å². The molecule has 0 unspecified atom stereocenters. The number of benzene rings is 1. The highest BCUT2D eigenvalue weighted by Gasteiger charge is 2.05.